The van der Waals surface area contributed by atoms with E-state index in [2.05, 4.69) is 25.2 Å². The highest BCUT2D eigenvalue weighted by Gasteiger charge is 2.19. The summed E-state index contributed by atoms with van der Waals surface area (Å²) in [6, 6.07) is 6.93. The molecule has 0 bridgehead atoms. The zero-order valence-electron chi connectivity index (χ0n) is 15.3. The molecule has 1 fully saturated rings. The largest absolute Gasteiger partial charge is 0.356 e. The SMILES string of the molecule is O=C(Nc1cc(N2CCCC2)ncn1)c1c[nH]c(=O)n(-c2ccccc2F)c1=O. The number of H-pyrrole nitrogens is 1. The Hall–Kier alpha value is -3.82. The van der Waals surface area contributed by atoms with Gasteiger partial charge < -0.3 is 15.2 Å². The minimum Gasteiger partial charge on any atom is -0.356 e. The van der Waals surface area contributed by atoms with Crippen molar-refractivity contribution < 1.29 is 9.18 Å². The van der Waals surface area contributed by atoms with Crippen molar-refractivity contribution in [2.24, 2.45) is 0 Å². The second-order valence-electron chi connectivity index (χ2n) is 6.51. The van der Waals surface area contributed by atoms with E-state index in [1.54, 1.807) is 6.07 Å². The lowest BCUT2D eigenvalue weighted by Crippen LogP contribution is -2.38. The number of aromatic nitrogens is 4. The standard InChI is InChI=1S/C19H17FN6O3/c20-13-5-1-2-6-14(13)26-18(28)12(10-21-19(26)29)17(27)24-15-9-16(23-11-22-15)25-7-3-4-8-25/h1-2,5-6,9-11H,3-4,7-8H2,(H,21,29)(H,22,23,24,27). The lowest BCUT2D eigenvalue weighted by Gasteiger charge is -2.16. The molecule has 0 radical (unpaired) electrons. The number of anilines is 2. The number of hydrogen-bond donors (Lipinski definition) is 2. The number of hydrogen-bond acceptors (Lipinski definition) is 6. The van der Waals surface area contributed by atoms with Gasteiger partial charge in [0.05, 0.1) is 5.69 Å². The molecule has 10 heteroatoms. The van der Waals surface area contributed by atoms with Crippen molar-refractivity contribution in [3.05, 3.63) is 75.1 Å². The molecule has 2 aromatic heterocycles. The first kappa shape index (κ1) is 18.5. The monoisotopic (exact) mass is 396 g/mol. The first-order chi connectivity index (χ1) is 14.0. The van der Waals surface area contributed by atoms with Crippen molar-refractivity contribution in [2.75, 3.05) is 23.3 Å². The smallest absolute Gasteiger partial charge is 0.333 e. The van der Waals surface area contributed by atoms with E-state index in [9.17, 15) is 18.8 Å². The molecule has 2 N–H and O–H groups in total. The number of aromatic amines is 1. The van der Waals surface area contributed by atoms with Crippen molar-refractivity contribution in [1.29, 1.82) is 0 Å². The fourth-order valence-corrected chi connectivity index (χ4v) is 3.21. The Bertz CT molecular complexity index is 1180. The van der Waals surface area contributed by atoms with Crippen LogP contribution in [0.1, 0.15) is 23.2 Å². The first-order valence-corrected chi connectivity index (χ1v) is 9.02. The van der Waals surface area contributed by atoms with E-state index in [1.165, 1.54) is 24.5 Å². The number of amides is 1. The molecule has 0 unspecified atom stereocenters. The predicted octanol–water partition coefficient (Wildman–Crippen LogP) is 1.31. The molecule has 29 heavy (non-hydrogen) atoms. The van der Waals surface area contributed by atoms with Gasteiger partial charge in [0, 0.05) is 25.4 Å². The van der Waals surface area contributed by atoms with Crippen molar-refractivity contribution in [3.8, 4) is 5.69 Å². The van der Waals surface area contributed by atoms with E-state index in [0.29, 0.717) is 10.4 Å². The second kappa shape index (κ2) is 7.66. The van der Waals surface area contributed by atoms with Gasteiger partial charge in [-0.05, 0) is 25.0 Å². The van der Waals surface area contributed by atoms with E-state index < -0.39 is 23.0 Å². The van der Waals surface area contributed by atoms with Gasteiger partial charge in [0.15, 0.2) is 0 Å². The Morgan fingerprint density at radius 3 is 2.66 bits per heavy atom. The molecule has 148 valence electrons. The van der Waals surface area contributed by atoms with Crippen LogP contribution in [0, 0.1) is 5.82 Å². The van der Waals surface area contributed by atoms with Crippen molar-refractivity contribution in [1.82, 2.24) is 19.5 Å². The highest BCUT2D eigenvalue weighted by molar-refractivity contribution is 6.03. The molecule has 1 aromatic carbocycles. The first-order valence-electron chi connectivity index (χ1n) is 9.02. The minimum absolute atomic E-state index is 0.218. The number of nitrogens with zero attached hydrogens (tertiary/aromatic N) is 4. The molecule has 1 saturated heterocycles. The fourth-order valence-electron chi connectivity index (χ4n) is 3.21. The maximum atomic E-state index is 14.1. The summed E-state index contributed by atoms with van der Waals surface area (Å²) < 4.78 is 14.7. The van der Waals surface area contributed by atoms with Crippen LogP contribution in [-0.2, 0) is 0 Å². The van der Waals surface area contributed by atoms with Crippen LogP contribution < -0.4 is 21.5 Å². The molecule has 0 atom stereocenters. The Kier molecular flexibility index (Phi) is 4.90. The molecule has 0 spiro atoms. The third-order valence-corrected chi connectivity index (χ3v) is 4.64. The third-order valence-electron chi connectivity index (χ3n) is 4.64. The molecule has 3 aromatic rings. The molecule has 9 nitrogen and oxygen atoms in total. The van der Waals surface area contributed by atoms with Crippen LogP contribution in [0.2, 0.25) is 0 Å². The van der Waals surface area contributed by atoms with E-state index in [-0.39, 0.29) is 17.1 Å². The Balaban J connectivity index is 1.66. The number of para-hydroxylation sites is 1. The predicted molar refractivity (Wildman–Crippen MR) is 104 cm³/mol. The van der Waals surface area contributed by atoms with Crippen molar-refractivity contribution in [3.63, 3.8) is 0 Å². The summed E-state index contributed by atoms with van der Waals surface area (Å²) in [4.78, 5) is 50.0. The highest BCUT2D eigenvalue weighted by Crippen LogP contribution is 2.19. The van der Waals surface area contributed by atoms with Crippen LogP contribution in [-0.4, -0.2) is 38.5 Å². The van der Waals surface area contributed by atoms with Gasteiger partial charge in [-0.2, -0.15) is 0 Å². The van der Waals surface area contributed by atoms with Crippen molar-refractivity contribution >= 4 is 17.5 Å². The van der Waals surface area contributed by atoms with Gasteiger partial charge in [-0.25, -0.2) is 23.7 Å². The number of carbonyl (C=O) groups excluding carboxylic acids is 1. The van der Waals surface area contributed by atoms with E-state index in [1.807, 2.05) is 0 Å². The maximum Gasteiger partial charge on any atom is 0.333 e. The van der Waals surface area contributed by atoms with Crippen LogP contribution in [0.5, 0.6) is 0 Å². The fraction of sp³-hybridized carbons (Fsp3) is 0.211. The van der Waals surface area contributed by atoms with E-state index in [0.717, 1.165) is 38.2 Å². The second-order valence-corrected chi connectivity index (χ2v) is 6.51. The molecule has 3 heterocycles. The molecule has 0 aliphatic carbocycles. The van der Waals surface area contributed by atoms with Gasteiger partial charge >= 0.3 is 5.69 Å². The van der Waals surface area contributed by atoms with Crippen molar-refractivity contribution in [2.45, 2.75) is 12.8 Å². The lowest BCUT2D eigenvalue weighted by molar-refractivity contribution is 0.102. The number of benzene rings is 1. The summed E-state index contributed by atoms with van der Waals surface area (Å²) in [7, 11) is 0. The quantitative estimate of drug-likeness (QED) is 0.688. The number of halogens is 1. The third kappa shape index (κ3) is 3.64. The summed E-state index contributed by atoms with van der Waals surface area (Å²) in [6.45, 7) is 1.75. The Morgan fingerprint density at radius 2 is 1.90 bits per heavy atom. The topological polar surface area (TPSA) is 113 Å². The zero-order chi connectivity index (χ0) is 20.4. The molecule has 0 saturated carbocycles. The minimum atomic E-state index is -0.940. The summed E-state index contributed by atoms with van der Waals surface area (Å²) in [5.41, 5.74) is -2.39. The molecule has 1 amide bonds. The molecule has 4 rings (SSSR count). The summed E-state index contributed by atoms with van der Waals surface area (Å²) in [6.07, 6.45) is 4.46. The average Bonchev–Trinajstić information content (AvgIpc) is 3.24. The molecule has 1 aliphatic rings. The molecular weight excluding hydrogens is 379 g/mol. The molecular formula is C19H17FN6O3. The summed E-state index contributed by atoms with van der Waals surface area (Å²) >= 11 is 0. The van der Waals surface area contributed by atoms with Crippen LogP contribution >= 0.6 is 0 Å². The van der Waals surface area contributed by atoms with Crippen LogP contribution in [0.3, 0.4) is 0 Å². The maximum absolute atomic E-state index is 14.1. The van der Waals surface area contributed by atoms with Crippen LogP contribution in [0.15, 0.2) is 52.4 Å². The van der Waals surface area contributed by atoms with Crippen LogP contribution in [0.25, 0.3) is 5.69 Å². The number of rotatable bonds is 4. The number of carbonyl (C=O) groups is 1. The lowest BCUT2D eigenvalue weighted by atomic mass is 10.2. The number of nitrogens with one attached hydrogen (secondary N) is 2. The Morgan fingerprint density at radius 1 is 1.14 bits per heavy atom. The van der Waals surface area contributed by atoms with Gasteiger partial charge in [0.1, 0.15) is 29.3 Å². The van der Waals surface area contributed by atoms with Gasteiger partial charge in [0.2, 0.25) is 0 Å². The summed E-state index contributed by atoms with van der Waals surface area (Å²) in [5, 5.41) is 2.53. The normalized spacial score (nSPS) is 13.5. The highest BCUT2D eigenvalue weighted by atomic mass is 19.1. The van der Waals surface area contributed by atoms with E-state index in [4.69, 9.17) is 0 Å². The van der Waals surface area contributed by atoms with Crippen LogP contribution in [0.4, 0.5) is 16.0 Å². The Labute approximate surface area is 163 Å². The van der Waals surface area contributed by atoms with Gasteiger partial charge in [-0.15, -0.1) is 0 Å². The van der Waals surface area contributed by atoms with E-state index >= 15 is 0 Å². The zero-order valence-corrected chi connectivity index (χ0v) is 15.3. The van der Waals surface area contributed by atoms with Gasteiger partial charge in [0.25, 0.3) is 11.5 Å². The molecule has 1 aliphatic heterocycles. The summed E-state index contributed by atoms with van der Waals surface area (Å²) in [5.74, 6) is -0.640. The average molecular weight is 396 g/mol. The van der Waals surface area contributed by atoms with Gasteiger partial charge in [-0.3, -0.25) is 9.59 Å². The van der Waals surface area contributed by atoms with Gasteiger partial charge in [-0.1, -0.05) is 12.1 Å².